The lowest BCUT2D eigenvalue weighted by Gasteiger charge is -2.26. The Morgan fingerprint density at radius 2 is 1.77 bits per heavy atom. The molecule has 4 rings (SSSR count). The summed E-state index contributed by atoms with van der Waals surface area (Å²) in [4.78, 5) is 15.5. The Labute approximate surface area is 185 Å². The molecular weight excluding hydrogens is 440 g/mol. The van der Waals surface area contributed by atoms with Gasteiger partial charge in [0.1, 0.15) is 0 Å². The second kappa shape index (κ2) is 8.57. The lowest BCUT2D eigenvalue weighted by Crippen LogP contribution is -2.35. The van der Waals surface area contributed by atoms with Crippen LogP contribution in [0.2, 0.25) is 5.02 Å². The van der Waals surface area contributed by atoms with Crippen LogP contribution in [0, 0.1) is 0 Å². The van der Waals surface area contributed by atoms with Crippen molar-refractivity contribution < 1.29 is 13.2 Å². The van der Waals surface area contributed by atoms with Gasteiger partial charge < -0.3 is 4.90 Å². The van der Waals surface area contributed by atoms with E-state index in [2.05, 4.69) is 0 Å². The first-order chi connectivity index (χ1) is 14.3. The van der Waals surface area contributed by atoms with Crippen molar-refractivity contribution in [2.24, 2.45) is 0 Å². The van der Waals surface area contributed by atoms with E-state index in [4.69, 9.17) is 11.6 Å². The smallest absolute Gasteiger partial charge is 0.263 e. The zero-order valence-corrected chi connectivity index (χ0v) is 19.1. The average Bonchev–Trinajstić information content (AvgIpc) is 3.16. The van der Waals surface area contributed by atoms with E-state index in [0.717, 1.165) is 41.6 Å². The summed E-state index contributed by atoms with van der Waals surface area (Å²) in [5.41, 5.74) is 1.42. The molecule has 3 aromatic rings. The molecule has 2 aromatic carbocycles. The summed E-state index contributed by atoms with van der Waals surface area (Å²) >= 11 is 7.40. The number of thiophene rings is 1. The number of benzene rings is 2. The number of piperidine rings is 1. The Morgan fingerprint density at radius 3 is 2.43 bits per heavy atom. The second-order valence-electron chi connectivity index (χ2n) is 7.58. The summed E-state index contributed by atoms with van der Waals surface area (Å²) in [7, 11) is -3.49. The zero-order valence-electron chi connectivity index (χ0n) is 16.7. The number of carbonyl (C=O) groups is 1. The third-order valence-corrected chi connectivity index (χ3v) is 7.78. The Bertz CT molecular complexity index is 1170. The highest BCUT2D eigenvalue weighted by Gasteiger charge is 2.22. The maximum Gasteiger partial charge on any atom is 0.263 e. The molecule has 1 amide bonds. The van der Waals surface area contributed by atoms with Crippen LogP contribution in [0.15, 0.2) is 48.5 Å². The average molecular weight is 463 g/mol. The van der Waals surface area contributed by atoms with Crippen LogP contribution in [0.4, 0.5) is 5.69 Å². The molecule has 2 heterocycles. The molecule has 1 fully saturated rings. The van der Waals surface area contributed by atoms with Gasteiger partial charge in [-0.1, -0.05) is 23.7 Å². The monoisotopic (exact) mass is 462 g/mol. The molecule has 0 saturated carbocycles. The maximum absolute atomic E-state index is 12.8. The van der Waals surface area contributed by atoms with Crippen LogP contribution in [-0.4, -0.2) is 38.6 Å². The molecule has 0 radical (unpaired) electrons. The van der Waals surface area contributed by atoms with Gasteiger partial charge in [0, 0.05) is 22.8 Å². The minimum absolute atomic E-state index is 0.0681. The Balaban J connectivity index is 1.64. The molecule has 0 atom stereocenters. The molecule has 0 spiro atoms. The van der Waals surface area contributed by atoms with Gasteiger partial charge in [0.05, 0.1) is 23.4 Å². The van der Waals surface area contributed by atoms with E-state index in [-0.39, 0.29) is 12.5 Å². The first kappa shape index (κ1) is 21.2. The molecule has 1 aromatic heterocycles. The van der Waals surface area contributed by atoms with Crippen LogP contribution >= 0.6 is 22.9 Å². The number of hydrogen-bond donors (Lipinski definition) is 0. The Kier molecular flexibility index (Phi) is 6.04. The molecule has 1 aliphatic heterocycles. The van der Waals surface area contributed by atoms with Crippen molar-refractivity contribution in [1.29, 1.82) is 0 Å². The molecule has 0 bridgehead atoms. The molecule has 0 N–H and O–H groups in total. The number of hydrogen-bond acceptors (Lipinski definition) is 4. The van der Waals surface area contributed by atoms with Gasteiger partial charge in [-0.15, -0.1) is 11.3 Å². The quantitative estimate of drug-likeness (QED) is 0.527. The van der Waals surface area contributed by atoms with E-state index in [9.17, 15) is 13.2 Å². The fourth-order valence-electron chi connectivity index (χ4n) is 3.70. The number of halogens is 1. The van der Waals surface area contributed by atoms with Crippen molar-refractivity contribution in [3.63, 3.8) is 0 Å². The van der Waals surface area contributed by atoms with Gasteiger partial charge in [-0.3, -0.25) is 9.10 Å². The molecule has 5 nitrogen and oxygen atoms in total. The van der Waals surface area contributed by atoms with Crippen LogP contribution in [-0.2, 0) is 16.6 Å². The van der Waals surface area contributed by atoms with E-state index >= 15 is 0 Å². The maximum atomic E-state index is 12.8. The second-order valence-corrected chi connectivity index (χ2v) is 11.0. The summed E-state index contributed by atoms with van der Waals surface area (Å²) < 4.78 is 27.3. The standard InChI is InChI=1S/C22H23ClN2O3S2/c1-30(27,28)25(15-16-5-7-18(23)8-6-16)19-9-10-20-17(13-19)14-21(29-20)22(26)24-11-3-2-4-12-24/h5-10,13-14H,2-4,11-12,15H2,1H3. The van der Waals surface area contributed by atoms with Crippen LogP contribution < -0.4 is 4.31 Å². The van der Waals surface area contributed by atoms with Crippen molar-refractivity contribution >= 4 is 54.6 Å². The van der Waals surface area contributed by atoms with E-state index in [1.807, 2.05) is 35.2 Å². The lowest BCUT2D eigenvalue weighted by atomic mass is 10.1. The minimum Gasteiger partial charge on any atom is -0.338 e. The summed E-state index contributed by atoms with van der Waals surface area (Å²) in [6.45, 7) is 1.83. The van der Waals surface area contributed by atoms with Gasteiger partial charge in [-0.25, -0.2) is 8.42 Å². The van der Waals surface area contributed by atoms with Crippen LogP contribution in [0.3, 0.4) is 0 Å². The predicted octanol–water partition coefficient (Wildman–Crippen LogP) is 5.15. The number of amides is 1. The van der Waals surface area contributed by atoms with Crippen molar-refractivity contribution in [1.82, 2.24) is 4.90 Å². The molecular formula is C22H23ClN2O3S2. The zero-order chi connectivity index (χ0) is 21.3. The number of likely N-dealkylation sites (tertiary alicyclic amines) is 1. The van der Waals surface area contributed by atoms with Crippen LogP contribution in [0.1, 0.15) is 34.5 Å². The van der Waals surface area contributed by atoms with Crippen LogP contribution in [0.25, 0.3) is 10.1 Å². The fraction of sp³-hybridized carbons (Fsp3) is 0.318. The molecule has 158 valence electrons. The van der Waals surface area contributed by atoms with E-state index in [1.165, 1.54) is 28.3 Å². The van der Waals surface area contributed by atoms with Gasteiger partial charge in [0.2, 0.25) is 10.0 Å². The van der Waals surface area contributed by atoms with Crippen molar-refractivity contribution in [3.05, 3.63) is 64.0 Å². The molecule has 0 aliphatic carbocycles. The largest absolute Gasteiger partial charge is 0.338 e. The fourth-order valence-corrected chi connectivity index (χ4v) is 5.72. The van der Waals surface area contributed by atoms with Crippen molar-refractivity contribution in [2.45, 2.75) is 25.8 Å². The number of sulfonamides is 1. The molecule has 1 saturated heterocycles. The van der Waals surface area contributed by atoms with Crippen molar-refractivity contribution in [2.75, 3.05) is 23.7 Å². The topological polar surface area (TPSA) is 57.7 Å². The lowest BCUT2D eigenvalue weighted by molar-refractivity contribution is 0.0729. The molecule has 1 aliphatic rings. The van der Waals surface area contributed by atoms with E-state index in [1.54, 1.807) is 18.2 Å². The molecule has 30 heavy (non-hydrogen) atoms. The summed E-state index contributed by atoms with van der Waals surface area (Å²) in [5, 5.41) is 1.48. The number of nitrogens with zero attached hydrogens (tertiary/aromatic N) is 2. The highest BCUT2D eigenvalue weighted by Crippen LogP contribution is 2.32. The summed E-state index contributed by atoms with van der Waals surface area (Å²) in [6, 6.07) is 14.5. The molecule has 8 heteroatoms. The van der Waals surface area contributed by atoms with Gasteiger partial charge in [0.25, 0.3) is 5.91 Å². The Hall–Kier alpha value is -2.09. The van der Waals surface area contributed by atoms with Gasteiger partial charge in [-0.2, -0.15) is 0 Å². The molecule has 0 unspecified atom stereocenters. The summed E-state index contributed by atoms with van der Waals surface area (Å²) in [5.74, 6) is 0.0681. The summed E-state index contributed by atoms with van der Waals surface area (Å²) in [6.07, 6.45) is 4.48. The van der Waals surface area contributed by atoms with E-state index in [0.29, 0.717) is 15.6 Å². The first-order valence-corrected chi connectivity index (χ1v) is 12.9. The van der Waals surface area contributed by atoms with E-state index < -0.39 is 10.0 Å². The highest BCUT2D eigenvalue weighted by molar-refractivity contribution is 7.92. The number of anilines is 1. The SMILES string of the molecule is CS(=O)(=O)N(Cc1ccc(Cl)cc1)c1ccc2sc(C(=O)N3CCCCC3)cc2c1. The van der Waals surface area contributed by atoms with Crippen molar-refractivity contribution in [3.8, 4) is 0 Å². The number of rotatable bonds is 5. The minimum atomic E-state index is -3.49. The van der Waals surface area contributed by atoms with Gasteiger partial charge in [0.15, 0.2) is 0 Å². The van der Waals surface area contributed by atoms with Gasteiger partial charge in [-0.05, 0) is 66.6 Å². The number of fused-ring (bicyclic) bond motifs is 1. The number of carbonyl (C=O) groups excluding carboxylic acids is 1. The highest BCUT2D eigenvalue weighted by atomic mass is 35.5. The third kappa shape index (κ3) is 4.63. The normalized spacial score (nSPS) is 14.8. The Morgan fingerprint density at radius 1 is 1.07 bits per heavy atom. The predicted molar refractivity (Wildman–Crippen MR) is 124 cm³/mol. The third-order valence-electron chi connectivity index (χ3n) is 5.28. The first-order valence-electron chi connectivity index (χ1n) is 9.86. The van der Waals surface area contributed by atoms with Gasteiger partial charge >= 0.3 is 0 Å². The van der Waals surface area contributed by atoms with Crippen LogP contribution in [0.5, 0.6) is 0 Å².